The number of hydrogen-bond acceptors (Lipinski definition) is 7. The predicted octanol–water partition coefficient (Wildman–Crippen LogP) is 0.295. The summed E-state index contributed by atoms with van der Waals surface area (Å²) in [6, 6.07) is 5.76. The zero-order valence-electron chi connectivity index (χ0n) is 11.1. The van der Waals surface area contributed by atoms with E-state index in [4.69, 9.17) is 0 Å². The van der Waals surface area contributed by atoms with Crippen LogP contribution in [0, 0.1) is 10.1 Å². The van der Waals surface area contributed by atoms with Crippen LogP contribution in [0.1, 0.15) is 12.0 Å². The number of amidine groups is 1. The van der Waals surface area contributed by atoms with Crippen molar-refractivity contribution in [1.82, 2.24) is 5.32 Å². The standard InChI is InChI=1S/C13H11N3O5S/c17-11(18)5-6-14-13-15-12(19)10(22-13)7-8-1-3-9(4-2-8)16(20)21/h1-4,7H,5-6H2,(H,17,18)(H,14,15,19)/p-1/b10-7+. The first-order valence-electron chi connectivity index (χ1n) is 6.15. The molecule has 0 bridgehead atoms. The van der Waals surface area contributed by atoms with Gasteiger partial charge in [0, 0.05) is 31.1 Å². The number of nitro benzene ring substituents is 1. The largest absolute Gasteiger partial charge is 0.550 e. The number of nitrogens with zero attached hydrogens (tertiary/aromatic N) is 2. The Morgan fingerprint density at radius 1 is 1.36 bits per heavy atom. The molecule has 9 heteroatoms. The second-order valence-corrected chi connectivity index (χ2v) is 5.25. The lowest BCUT2D eigenvalue weighted by Gasteiger charge is -1.97. The Hall–Kier alpha value is -2.68. The van der Waals surface area contributed by atoms with Gasteiger partial charge in [0.1, 0.15) is 0 Å². The third-order valence-corrected chi connectivity index (χ3v) is 3.57. The van der Waals surface area contributed by atoms with E-state index in [-0.39, 0.29) is 24.6 Å². The van der Waals surface area contributed by atoms with Crippen molar-refractivity contribution in [3.63, 3.8) is 0 Å². The number of non-ortho nitro benzene ring substituents is 1. The van der Waals surface area contributed by atoms with E-state index in [0.717, 1.165) is 11.8 Å². The van der Waals surface area contributed by atoms with Crippen LogP contribution in [0.5, 0.6) is 0 Å². The zero-order valence-corrected chi connectivity index (χ0v) is 12.0. The number of carboxylic acids is 1. The van der Waals surface area contributed by atoms with Crippen molar-refractivity contribution in [3.8, 4) is 0 Å². The predicted molar refractivity (Wildman–Crippen MR) is 78.7 cm³/mol. The minimum atomic E-state index is -1.21. The molecule has 8 nitrogen and oxygen atoms in total. The van der Waals surface area contributed by atoms with Crippen molar-refractivity contribution >= 4 is 40.6 Å². The molecule has 1 fully saturated rings. The van der Waals surface area contributed by atoms with Crippen LogP contribution in [0.25, 0.3) is 6.08 Å². The van der Waals surface area contributed by atoms with Crippen LogP contribution in [0.3, 0.4) is 0 Å². The highest BCUT2D eigenvalue weighted by molar-refractivity contribution is 8.18. The van der Waals surface area contributed by atoms with Crippen LogP contribution in [0.15, 0.2) is 34.2 Å². The van der Waals surface area contributed by atoms with Gasteiger partial charge in [0.05, 0.1) is 9.83 Å². The average Bonchev–Trinajstić information content (AvgIpc) is 2.79. The maximum Gasteiger partial charge on any atom is 0.269 e. The van der Waals surface area contributed by atoms with E-state index in [2.05, 4.69) is 10.3 Å². The Balaban J connectivity index is 2.07. The van der Waals surface area contributed by atoms with Crippen molar-refractivity contribution in [3.05, 3.63) is 44.8 Å². The molecule has 1 aliphatic heterocycles. The Morgan fingerprint density at radius 2 is 2.05 bits per heavy atom. The summed E-state index contributed by atoms with van der Waals surface area (Å²) >= 11 is 1.08. The molecule has 2 rings (SSSR count). The summed E-state index contributed by atoms with van der Waals surface area (Å²) < 4.78 is 0. The minimum absolute atomic E-state index is 0.0236. The molecule has 0 spiro atoms. The van der Waals surface area contributed by atoms with E-state index in [1.807, 2.05) is 0 Å². The van der Waals surface area contributed by atoms with E-state index < -0.39 is 10.9 Å². The summed E-state index contributed by atoms with van der Waals surface area (Å²) in [5.74, 6) is -1.56. The fraction of sp³-hybridized carbons (Fsp3) is 0.154. The molecule has 0 aromatic heterocycles. The smallest absolute Gasteiger partial charge is 0.269 e. The molecule has 0 aliphatic carbocycles. The van der Waals surface area contributed by atoms with Gasteiger partial charge in [-0.15, -0.1) is 0 Å². The van der Waals surface area contributed by atoms with E-state index >= 15 is 0 Å². The maximum atomic E-state index is 11.7. The summed E-state index contributed by atoms with van der Waals surface area (Å²) in [5, 5.41) is 23.7. The zero-order chi connectivity index (χ0) is 16.1. The molecule has 1 aromatic rings. The van der Waals surface area contributed by atoms with E-state index in [0.29, 0.717) is 15.6 Å². The van der Waals surface area contributed by atoms with Gasteiger partial charge in [-0.05, 0) is 35.5 Å². The van der Waals surface area contributed by atoms with Crippen LogP contribution < -0.4 is 10.4 Å². The van der Waals surface area contributed by atoms with E-state index in [1.54, 1.807) is 6.08 Å². The normalized spacial score (nSPS) is 17.7. The SMILES string of the molecule is O=C([O-])CCN=C1NC(=O)/C(=C\c2ccc([N+](=O)[O-])cc2)S1. The molecule has 1 saturated heterocycles. The summed E-state index contributed by atoms with van der Waals surface area (Å²) in [5.41, 5.74) is 0.606. The number of carboxylic acid groups (broad SMARTS) is 1. The highest BCUT2D eigenvalue weighted by Gasteiger charge is 2.23. The number of nitrogens with one attached hydrogen (secondary N) is 1. The number of benzene rings is 1. The molecule has 22 heavy (non-hydrogen) atoms. The fourth-order valence-corrected chi connectivity index (χ4v) is 2.44. The van der Waals surface area contributed by atoms with Gasteiger partial charge in [-0.1, -0.05) is 0 Å². The van der Waals surface area contributed by atoms with Gasteiger partial charge < -0.3 is 15.2 Å². The molecular weight excluding hydrogens is 310 g/mol. The lowest BCUT2D eigenvalue weighted by Crippen LogP contribution is -2.24. The highest BCUT2D eigenvalue weighted by Crippen LogP contribution is 2.26. The van der Waals surface area contributed by atoms with Crippen molar-refractivity contribution in [2.75, 3.05) is 6.54 Å². The van der Waals surface area contributed by atoms with Crippen LogP contribution >= 0.6 is 11.8 Å². The molecule has 1 aromatic carbocycles. The molecule has 1 N–H and O–H groups in total. The topological polar surface area (TPSA) is 125 Å². The van der Waals surface area contributed by atoms with E-state index in [1.165, 1.54) is 24.3 Å². The Kier molecular flexibility index (Phi) is 4.89. The number of thioether (sulfide) groups is 1. The van der Waals surface area contributed by atoms with Gasteiger partial charge in [-0.3, -0.25) is 19.9 Å². The molecule has 0 radical (unpaired) electrons. The number of aliphatic imine (C=N–C) groups is 1. The number of aliphatic carboxylic acids is 1. The molecule has 0 unspecified atom stereocenters. The molecule has 0 atom stereocenters. The van der Waals surface area contributed by atoms with Crippen LogP contribution in [-0.2, 0) is 9.59 Å². The molecule has 114 valence electrons. The molecule has 1 aliphatic rings. The van der Waals surface area contributed by atoms with Crippen molar-refractivity contribution < 1.29 is 19.6 Å². The summed E-state index contributed by atoms with van der Waals surface area (Å²) in [4.78, 5) is 36.4. The van der Waals surface area contributed by atoms with Crippen LogP contribution in [-0.4, -0.2) is 28.5 Å². The minimum Gasteiger partial charge on any atom is -0.550 e. The number of hydrogen-bond donors (Lipinski definition) is 1. The third-order valence-electron chi connectivity index (χ3n) is 2.62. The van der Waals surface area contributed by atoms with Gasteiger partial charge in [0.2, 0.25) is 0 Å². The number of carbonyl (C=O) groups is 2. The molecule has 1 amide bonds. The Bertz CT molecular complexity index is 681. The van der Waals surface area contributed by atoms with Gasteiger partial charge in [-0.2, -0.15) is 0 Å². The summed E-state index contributed by atoms with van der Waals surface area (Å²) in [6.07, 6.45) is 1.35. The number of amides is 1. The lowest BCUT2D eigenvalue weighted by molar-refractivity contribution is -0.384. The maximum absolute atomic E-state index is 11.7. The second-order valence-electron chi connectivity index (χ2n) is 4.22. The first-order valence-corrected chi connectivity index (χ1v) is 6.97. The Labute approximate surface area is 129 Å². The molecule has 0 saturated carbocycles. The monoisotopic (exact) mass is 320 g/mol. The first kappa shape index (κ1) is 15.7. The van der Waals surface area contributed by atoms with E-state index in [9.17, 15) is 24.8 Å². The van der Waals surface area contributed by atoms with Gasteiger partial charge >= 0.3 is 0 Å². The molecule has 1 heterocycles. The van der Waals surface area contributed by atoms with Crippen LogP contribution in [0.2, 0.25) is 0 Å². The quantitative estimate of drug-likeness (QED) is 0.472. The van der Waals surface area contributed by atoms with Crippen molar-refractivity contribution in [2.24, 2.45) is 4.99 Å². The van der Waals surface area contributed by atoms with Crippen LogP contribution in [0.4, 0.5) is 5.69 Å². The lowest BCUT2D eigenvalue weighted by atomic mass is 10.2. The third kappa shape index (κ3) is 4.16. The number of carbonyl (C=O) groups excluding carboxylic acids is 2. The first-order chi connectivity index (χ1) is 10.5. The van der Waals surface area contributed by atoms with Gasteiger partial charge in [0.25, 0.3) is 11.6 Å². The van der Waals surface area contributed by atoms with Crippen molar-refractivity contribution in [1.29, 1.82) is 0 Å². The second kappa shape index (κ2) is 6.85. The highest BCUT2D eigenvalue weighted by atomic mass is 32.2. The van der Waals surface area contributed by atoms with Gasteiger partial charge in [-0.25, -0.2) is 0 Å². The van der Waals surface area contributed by atoms with Gasteiger partial charge in [0.15, 0.2) is 5.17 Å². The average molecular weight is 320 g/mol. The fourth-order valence-electron chi connectivity index (χ4n) is 1.59. The summed E-state index contributed by atoms with van der Waals surface area (Å²) in [7, 11) is 0. The summed E-state index contributed by atoms with van der Waals surface area (Å²) in [6.45, 7) is 0.0236. The van der Waals surface area contributed by atoms with Crippen molar-refractivity contribution in [2.45, 2.75) is 6.42 Å². The number of rotatable bonds is 5. The Morgan fingerprint density at radius 3 is 2.64 bits per heavy atom. The molecular formula is C13H10N3O5S-. The number of nitro groups is 1.